The zero-order valence-corrected chi connectivity index (χ0v) is 13.6. The number of amides is 4. The molecule has 6 nitrogen and oxygen atoms in total. The van der Waals surface area contributed by atoms with Gasteiger partial charge in [-0.25, -0.2) is 4.79 Å². The molecule has 0 spiro atoms. The average Bonchev–Trinajstić information content (AvgIpc) is 3.28. The quantitative estimate of drug-likeness (QED) is 0.802. The van der Waals surface area contributed by atoms with Crippen LogP contribution in [0.25, 0.3) is 0 Å². The van der Waals surface area contributed by atoms with Crippen LogP contribution in [-0.2, 0) is 9.59 Å². The second kappa shape index (κ2) is 5.39. The van der Waals surface area contributed by atoms with Crippen molar-refractivity contribution in [2.45, 2.75) is 25.3 Å². The van der Waals surface area contributed by atoms with E-state index in [0.29, 0.717) is 5.69 Å². The maximum Gasteiger partial charge on any atom is 0.325 e. The number of halogens is 1. The lowest BCUT2D eigenvalue weighted by atomic mass is 9.96. The number of carbonyl (C=O) groups is 3. The molecule has 1 aromatic rings. The zero-order chi connectivity index (χ0) is 15.9. The molecular weight excluding hydrogens is 350 g/mol. The van der Waals surface area contributed by atoms with Gasteiger partial charge in [-0.2, -0.15) is 0 Å². The lowest BCUT2D eigenvalue weighted by Gasteiger charge is -2.20. The van der Waals surface area contributed by atoms with Gasteiger partial charge in [0.05, 0.1) is 0 Å². The molecule has 1 aliphatic carbocycles. The van der Waals surface area contributed by atoms with Gasteiger partial charge in [0.25, 0.3) is 5.91 Å². The monoisotopic (exact) mass is 365 g/mol. The Morgan fingerprint density at radius 2 is 2.00 bits per heavy atom. The highest BCUT2D eigenvalue weighted by Gasteiger charge is 2.56. The Balaban J connectivity index is 1.65. The second-order valence-electron chi connectivity index (χ2n) is 5.85. The summed E-state index contributed by atoms with van der Waals surface area (Å²) in [4.78, 5) is 37.4. The highest BCUT2D eigenvalue weighted by Crippen LogP contribution is 2.42. The predicted octanol–water partition coefficient (Wildman–Crippen LogP) is 2.11. The normalized spacial score (nSPS) is 24.4. The Morgan fingerprint density at radius 1 is 1.36 bits per heavy atom. The topological polar surface area (TPSA) is 78.5 Å². The molecule has 1 saturated heterocycles. The summed E-state index contributed by atoms with van der Waals surface area (Å²) in [6.07, 6.45) is 1.86. The van der Waals surface area contributed by atoms with Crippen LogP contribution in [0.1, 0.15) is 19.8 Å². The molecule has 1 heterocycles. The molecule has 3 rings (SSSR count). The first-order valence-corrected chi connectivity index (χ1v) is 7.89. The van der Waals surface area contributed by atoms with Gasteiger partial charge in [-0.1, -0.05) is 15.9 Å². The molecule has 22 heavy (non-hydrogen) atoms. The molecule has 2 N–H and O–H groups in total. The van der Waals surface area contributed by atoms with E-state index >= 15 is 0 Å². The van der Waals surface area contributed by atoms with Crippen molar-refractivity contribution in [2.24, 2.45) is 5.92 Å². The standard InChI is InChI=1S/C15H16BrN3O3/c1-15(9-2-3-9)13(21)19(14(22)18-15)8-12(20)17-11-6-4-10(16)5-7-11/h4-7,9H,2-3,8H2,1H3,(H,17,20)(H,18,22). The number of benzene rings is 1. The fourth-order valence-corrected chi connectivity index (χ4v) is 2.94. The highest BCUT2D eigenvalue weighted by molar-refractivity contribution is 9.10. The predicted molar refractivity (Wildman–Crippen MR) is 84.1 cm³/mol. The van der Waals surface area contributed by atoms with Gasteiger partial charge in [-0.05, 0) is 49.9 Å². The average molecular weight is 366 g/mol. The summed E-state index contributed by atoms with van der Waals surface area (Å²) in [6, 6.07) is 6.58. The smallest absolute Gasteiger partial charge is 0.325 e. The number of urea groups is 1. The fourth-order valence-electron chi connectivity index (χ4n) is 2.67. The Morgan fingerprint density at radius 3 is 2.59 bits per heavy atom. The number of nitrogens with one attached hydrogen (secondary N) is 2. The van der Waals surface area contributed by atoms with Gasteiger partial charge in [0.2, 0.25) is 5.91 Å². The van der Waals surface area contributed by atoms with Crippen LogP contribution in [0.5, 0.6) is 0 Å². The molecule has 4 amide bonds. The van der Waals surface area contributed by atoms with Crippen molar-refractivity contribution in [3.63, 3.8) is 0 Å². The van der Waals surface area contributed by atoms with E-state index in [9.17, 15) is 14.4 Å². The van der Waals surface area contributed by atoms with E-state index in [1.54, 1.807) is 31.2 Å². The van der Waals surface area contributed by atoms with Crippen molar-refractivity contribution in [3.8, 4) is 0 Å². The van der Waals surface area contributed by atoms with Crippen molar-refractivity contribution in [1.29, 1.82) is 0 Å². The third kappa shape index (κ3) is 2.72. The summed E-state index contributed by atoms with van der Waals surface area (Å²) in [5.41, 5.74) is -0.236. The van der Waals surface area contributed by atoms with Crippen molar-refractivity contribution >= 4 is 39.5 Å². The van der Waals surface area contributed by atoms with Gasteiger partial charge >= 0.3 is 6.03 Å². The molecule has 1 unspecified atom stereocenters. The lowest BCUT2D eigenvalue weighted by Crippen LogP contribution is -2.46. The van der Waals surface area contributed by atoms with Crippen LogP contribution in [0.2, 0.25) is 0 Å². The van der Waals surface area contributed by atoms with Crippen molar-refractivity contribution < 1.29 is 14.4 Å². The van der Waals surface area contributed by atoms with Crippen molar-refractivity contribution in [3.05, 3.63) is 28.7 Å². The Labute approximate surface area is 136 Å². The van der Waals surface area contributed by atoms with Crippen molar-refractivity contribution in [2.75, 3.05) is 11.9 Å². The SMILES string of the molecule is CC1(C2CC2)NC(=O)N(CC(=O)Nc2ccc(Br)cc2)C1=O. The third-order valence-corrected chi connectivity index (χ3v) is 4.65. The molecule has 116 valence electrons. The summed E-state index contributed by atoms with van der Waals surface area (Å²) in [7, 11) is 0. The largest absolute Gasteiger partial charge is 0.325 e. The van der Waals surface area contributed by atoms with Gasteiger partial charge in [0, 0.05) is 10.2 Å². The minimum absolute atomic E-state index is 0.184. The summed E-state index contributed by atoms with van der Waals surface area (Å²) < 4.78 is 0.903. The maximum atomic E-state index is 12.4. The summed E-state index contributed by atoms with van der Waals surface area (Å²) in [5, 5.41) is 5.40. The molecule has 1 aromatic carbocycles. The van der Waals surface area contributed by atoms with Gasteiger partial charge in [0.1, 0.15) is 12.1 Å². The van der Waals surface area contributed by atoms with E-state index in [-0.39, 0.29) is 18.4 Å². The minimum atomic E-state index is -0.852. The lowest BCUT2D eigenvalue weighted by molar-refractivity contribution is -0.134. The van der Waals surface area contributed by atoms with E-state index in [2.05, 4.69) is 26.6 Å². The van der Waals surface area contributed by atoms with E-state index < -0.39 is 17.5 Å². The number of nitrogens with zero attached hydrogens (tertiary/aromatic N) is 1. The maximum absolute atomic E-state index is 12.4. The second-order valence-corrected chi connectivity index (χ2v) is 6.77. The van der Waals surface area contributed by atoms with Crippen LogP contribution >= 0.6 is 15.9 Å². The number of carbonyl (C=O) groups excluding carboxylic acids is 3. The summed E-state index contributed by atoms with van der Waals surface area (Å²) in [5.74, 6) is -0.527. The van der Waals surface area contributed by atoms with Crippen LogP contribution in [0, 0.1) is 5.92 Å². The first kappa shape index (κ1) is 15.0. The number of hydrogen-bond donors (Lipinski definition) is 2. The molecule has 2 fully saturated rings. The van der Waals surface area contributed by atoms with E-state index in [1.807, 2.05) is 0 Å². The first-order valence-electron chi connectivity index (χ1n) is 7.09. The van der Waals surface area contributed by atoms with Crippen LogP contribution in [0.15, 0.2) is 28.7 Å². The Kier molecular flexibility index (Phi) is 3.68. The molecule has 1 atom stereocenters. The van der Waals surface area contributed by atoms with Crippen LogP contribution in [0.3, 0.4) is 0 Å². The molecular formula is C15H16BrN3O3. The molecule has 0 radical (unpaired) electrons. The van der Waals surface area contributed by atoms with Gasteiger partial charge in [0.15, 0.2) is 0 Å². The Hall–Kier alpha value is -1.89. The number of hydrogen-bond acceptors (Lipinski definition) is 3. The van der Waals surface area contributed by atoms with Gasteiger partial charge in [-0.15, -0.1) is 0 Å². The number of rotatable bonds is 4. The molecule has 0 bridgehead atoms. The molecule has 0 aromatic heterocycles. The first-order chi connectivity index (χ1) is 10.4. The Bertz CT molecular complexity index is 642. The zero-order valence-electron chi connectivity index (χ0n) is 12.1. The van der Waals surface area contributed by atoms with E-state index in [1.165, 1.54) is 0 Å². The molecule has 2 aliphatic rings. The third-order valence-electron chi connectivity index (χ3n) is 4.12. The van der Waals surface area contributed by atoms with Crippen LogP contribution in [-0.4, -0.2) is 34.8 Å². The van der Waals surface area contributed by atoms with Crippen molar-refractivity contribution in [1.82, 2.24) is 10.2 Å². The van der Waals surface area contributed by atoms with E-state index in [0.717, 1.165) is 22.2 Å². The number of anilines is 1. The van der Waals surface area contributed by atoms with Gasteiger partial charge < -0.3 is 10.6 Å². The minimum Gasteiger partial charge on any atom is -0.325 e. The van der Waals surface area contributed by atoms with E-state index in [4.69, 9.17) is 0 Å². The summed E-state index contributed by atoms with van der Waals surface area (Å²) >= 11 is 3.31. The number of imide groups is 1. The van der Waals surface area contributed by atoms with Crippen LogP contribution < -0.4 is 10.6 Å². The fraction of sp³-hybridized carbons (Fsp3) is 0.400. The highest BCUT2D eigenvalue weighted by atomic mass is 79.9. The molecule has 1 aliphatic heterocycles. The molecule has 1 saturated carbocycles. The molecule has 7 heteroatoms. The summed E-state index contributed by atoms with van der Waals surface area (Å²) in [6.45, 7) is 1.46. The van der Waals surface area contributed by atoms with Gasteiger partial charge in [-0.3, -0.25) is 14.5 Å². The van der Waals surface area contributed by atoms with Crippen LogP contribution in [0.4, 0.5) is 10.5 Å².